The summed E-state index contributed by atoms with van der Waals surface area (Å²) in [6.07, 6.45) is 2.92. The number of methoxy groups -OCH3 is 1. The molecule has 0 radical (unpaired) electrons. The second-order valence-corrected chi connectivity index (χ2v) is 6.42. The molecule has 0 saturated heterocycles. The highest BCUT2D eigenvalue weighted by molar-refractivity contribution is 6.06. The summed E-state index contributed by atoms with van der Waals surface area (Å²) in [6.45, 7) is 2.96. The van der Waals surface area contributed by atoms with Crippen LogP contribution in [0.2, 0.25) is 0 Å². The molecule has 29 heavy (non-hydrogen) atoms. The molecule has 1 aromatic heterocycles. The molecule has 2 aromatic carbocycles. The lowest BCUT2D eigenvalue weighted by atomic mass is 10.1. The summed E-state index contributed by atoms with van der Waals surface area (Å²) in [5.74, 6) is 0.0274. The number of nitrogens with zero attached hydrogens (tertiary/aromatic N) is 2. The van der Waals surface area contributed by atoms with Gasteiger partial charge >= 0.3 is 0 Å². The van der Waals surface area contributed by atoms with Crippen molar-refractivity contribution < 1.29 is 14.3 Å². The van der Waals surface area contributed by atoms with E-state index in [1.54, 1.807) is 29.2 Å². The van der Waals surface area contributed by atoms with E-state index in [0.29, 0.717) is 35.7 Å². The van der Waals surface area contributed by atoms with Gasteiger partial charge < -0.3 is 15.0 Å². The normalized spacial score (nSPS) is 10.3. The Morgan fingerprint density at radius 3 is 2.41 bits per heavy atom. The molecule has 0 bridgehead atoms. The van der Waals surface area contributed by atoms with Crippen LogP contribution >= 0.6 is 0 Å². The van der Waals surface area contributed by atoms with Crippen molar-refractivity contribution in [2.45, 2.75) is 13.5 Å². The minimum absolute atomic E-state index is 0.171. The summed E-state index contributed by atoms with van der Waals surface area (Å²) in [6, 6.07) is 18.5. The fourth-order valence-corrected chi connectivity index (χ4v) is 2.94. The predicted molar refractivity (Wildman–Crippen MR) is 112 cm³/mol. The molecule has 0 atom stereocenters. The molecule has 148 valence electrons. The lowest BCUT2D eigenvalue weighted by molar-refractivity contribution is 0.0752. The van der Waals surface area contributed by atoms with Crippen LogP contribution in [0.5, 0.6) is 5.75 Å². The lowest BCUT2D eigenvalue weighted by Gasteiger charge is -2.21. The zero-order valence-corrected chi connectivity index (χ0v) is 16.5. The van der Waals surface area contributed by atoms with Crippen molar-refractivity contribution in [2.75, 3.05) is 19.0 Å². The van der Waals surface area contributed by atoms with Crippen LogP contribution in [0, 0.1) is 0 Å². The maximum Gasteiger partial charge on any atom is 0.257 e. The minimum Gasteiger partial charge on any atom is -0.495 e. The second kappa shape index (κ2) is 9.50. The zero-order valence-electron chi connectivity index (χ0n) is 16.5. The molecule has 1 N–H and O–H groups in total. The molecule has 3 aromatic rings. The van der Waals surface area contributed by atoms with Gasteiger partial charge in [-0.1, -0.05) is 42.5 Å². The maximum absolute atomic E-state index is 12.9. The van der Waals surface area contributed by atoms with Gasteiger partial charge in [0.1, 0.15) is 5.75 Å². The van der Waals surface area contributed by atoms with Gasteiger partial charge in [-0.3, -0.25) is 14.6 Å². The molecule has 0 aliphatic rings. The van der Waals surface area contributed by atoms with Crippen LogP contribution in [0.1, 0.15) is 33.2 Å². The van der Waals surface area contributed by atoms with E-state index in [0.717, 1.165) is 5.56 Å². The third-order valence-corrected chi connectivity index (χ3v) is 4.49. The van der Waals surface area contributed by atoms with E-state index in [1.807, 2.05) is 43.3 Å². The molecule has 0 aliphatic heterocycles. The quantitative estimate of drug-likeness (QED) is 0.663. The van der Waals surface area contributed by atoms with Crippen molar-refractivity contribution in [3.05, 3.63) is 89.7 Å². The number of benzene rings is 2. The largest absolute Gasteiger partial charge is 0.495 e. The Morgan fingerprint density at radius 1 is 1.00 bits per heavy atom. The molecule has 3 rings (SSSR count). The van der Waals surface area contributed by atoms with Crippen molar-refractivity contribution in [3.8, 4) is 5.75 Å². The van der Waals surface area contributed by atoms with Crippen LogP contribution in [-0.4, -0.2) is 35.4 Å². The summed E-state index contributed by atoms with van der Waals surface area (Å²) in [4.78, 5) is 31.4. The summed E-state index contributed by atoms with van der Waals surface area (Å²) >= 11 is 0. The Bertz CT molecular complexity index is 989. The standard InChI is InChI=1S/C23H23N3O3/c1-3-26(16-17-9-5-4-6-10-17)23(28)19-13-18(14-24-15-19)22(27)25-20-11-7-8-12-21(20)29-2/h4-15H,3,16H2,1-2H3,(H,25,27). The van der Waals surface area contributed by atoms with E-state index in [-0.39, 0.29) is 11.8 Å². The smallest absolute Gasteiger partial charge is 0.257 e. The predicted octanol–water partition coefficient (Wildman–Crippen LogP) is 4.00. The Hall–Kier alpha value is -3.67. The number of hydrogen-bond acceptors (Lipinski definition) is 4. The number of hydrogen-bond donors (Lipinski definition) is 1. The van der Waals surface area contributed by atoms with Crippen LogP contribution in [0.3, 0.4) is 0 Å². The van der Waals surface area contributed by atoms with Crippen LogP contribution in [0.4, 0.5) is 5.69 Å². The lowest BCUT2D eigenvalue weighted by Crippen LogP contribution is -2.30. The molecule has 0 spiro atoms. The average molecular weight is 389 g/mol. The highest BCUT2D eigenvalue weighted by atomic mass is 16.5. The van der Waals surface area contributed by atoms with Crippen LogP contribution in [-0.2, 0) is 6.54 Å². The van der Waals surface area contributed by atoms with Gasteiger partial charge in [0, 0.05) is 25.5 Å². The fourth-order valence-electron chi connectivity index (χ4n) is 2.94. The second-order valence-electron chi connectivity index (χ2n) is 6.42. The van der Waals surface area contributed by atoms with E-state index in [4.69, 9.17) is 4.74 Å². The number of carbonyl (C=O) groups excluding carboxylic acids is 2. The molecule has 0 fully saturated rings. The first-order chi connectivity index (χ1) is 14.1. The number of ether oxygens (including phenoxy) is 1. The number of aromatic nitrogens is 1. The number of nitrogens with one attached hydrogen (secondary N) is 1. The number of pyridine rings is 1. The Kier molecular flexibility index (Phi) is 6.58. The highest BCUT2D eigenvalue weighted by Gasteiger charge is 2.17. The molecular weight excluding hydrogens is 366 g/mol. The van der Waals surface area contributed by atoms with E-state index in [2.05, 4.69) is 10.3 Å². The Balaban J connectivity index is 1.77. The number of rotatable bonds is 7. The first kappa shape index (κ1) is 20.1. The molecule has 2 amide bonds. The summed E-state index contributed by atoms with van der Waals surface area (Å²) in [7, 11) is 1.54. The molecular formula is C23H23N3O3. The summed E-state index contributed by atoms with van der Waals surface area (Å²) in [5.41, 5.74) is 2.27. The van der Waals surface area contributed by atoms with E-state index in [1.165, 1.54) is 19.5 Å². The molecule has 0 unspecified atom stereocenters. The van der Waals surface area contributed by atoms with Gasteiger partial charge in [0.15, 0.2) is 0 Å². The van der Waals surface area contributed by atoms with Gasteiger partial charge in [-0.05, 0) is 30.7 Å². The topological polar surface area (TPSA) is 71.5 Å². The van der Waals surface area contributed by atoms with E-state index < -0.39 is 0 Å². The van der Waals surface area contributed by atoms with Crippen molar-refractivity contribution in [1.82, 2.24) is 9.88 Å². The van der Waals surface area contributed by atoms with Crippen LogP contribution in [0.15, 0.2) is 73.1 Å². The SMILES string of the molecule is CCN(Cc1ccccc1)C(=O)c1cncc(C(=O)Nc2ccccc2OC)c1. The molecule has 6 nitrogen and oxygen atoms in total. The van der Waals surface area contributed by atoms with Gasteiger partial charge in [-0.2, -0.15) is 0 Å². The average Bonchev–Trinajstić information content (AvgIpc) is 2.78. The summed E-state index contributed by atoms with van der Waals surface area (Å²) < 4.78 is 5.26. The van der Waals surface area contributed by atoms with E-state index in [9.17, 15) is 9.59 Å². The number of amides is 2. The minimum atomic E-state index is -0.359. The zero-order chi connectivity index (χ0) is 20.6. The van der Waals surface area contributed by atoms with E-state index >= 15 is 0 Å². The Labute approximate surface area is 170 Å². The maximum atomic E-state index is 12.9. The third-order valence-electron chi connectivity index (χ3n) is 4.49. The number of anilines is 1. The first-order valence-corrected chi connectivity index (χ1v) is 9.35. The molecule has 1 heterocycles. The van der Waals surface area contributed by atoms with Gasteiger partial charge in [-0.15, -0.1) is 0 Å². The van der Waals surface area contributed by atoms with Crippen molar-refractivity contribution in [2.24, 2.45) is 0 Å². The number of carbonyl (C=O) groups is 2. The van der Waals surface area contributed by atoms with Crippen molar-refractivity contribution >= 4 is 17.5 Å². The molecule has 6 heteroatoms. The monoisotopic (exact) mass is 389 g/mol. The molecule has 0 aliphatic carbocycles. The van der Waals surface area contributed by atoms with Gasteiger partial charge in [-0.25, -0.2) is 0 Å². The van der Waals surface area contributed by atoms with Crippen LogP contribution < -0.4 is 10.1 Å². The Morgan fingerprint density at radius 2 is 1.69 bits per heavy atom. The van der Waals surface area contributed by atoms with Crippen molar-refractivity contribution in [3.63, 3.8) is 0 Å². The van der Waals surface area contributed by atoms with Crippen LogP contribution in [0.25, 0.3) is 0 Å². The first-order valence-electron chi connectivity index (χ1n) is 9.35. The van der Waals surface area contributed by atoms with Crippen molar-refractivity contribution in [1.29, 1.82) is 0 Å². The molecule has 0 saturated carbocycles. The van der Waals surface area contributed by atoms with Gasteiger partial charge in [0.25, 0.3) is 11.8 Å². The van der Waals surface area contributed by atoms with Gasteiger partial charge in [0.05, 0.1) is 23.9 Å². The van der Waals surface area contributed by atoms with Gasteiger partial charge in [0.2, 0.25) is 0 Å². The highest BCUT2D eigenvalue weighted by Crippen LogP contribution is 2.23. The third kappa shape index (κ3) is 4.99. The summed E-state index contributed by atoms with van der Waals surface area (Å²) in [5, 5.41) is 2.80. The number of para-hydroxylation sites is 2. The fraction of sp³-hybridized carbons (Fsp3) is 0.174.